The van der Waals surface area contributed by atoms with E-state index in [2.05, 4.69) is 4.90 Å². The summed E-state index contributed by atoms with van der Waals surface area (Å²) in [6, 6.07) is 5.10. The Bertz CT molecular complexity index is 489. The number of carboxylic acid groups (broad SMARTS) is 1. The van der Waals surface area contributed by atoms with Crippen molar-refractivity contribution in [1.82, 2.24) is 4.90 Å². The number of phenolic OH excluding ortho intramolecular Hbond substituents is 1. The molecule has 0 radical (unpaired) electrons. The predicted octanol–water partition coefficient (Wildman–Crippen LogP) is 2.26. The highest BCUT2D eigenvalue weighted by Crippen LogP contribution is 2.33. The van der Waals surface area contributed by atoms with Crippen molar-refractivity contribution in [3.63, 3.8) is 0 Å². The summed E-state index contributed by atoms with van der Waals surface area (Å²) in [5, 5.41) is 19.2. The van der Waals surface area contributed by atoms with Gasteiger partial charge >= 0.3 is 5.97 Å². The maximum absolute atomic E-state index is 11.1. The maximum atomic E-state index is 11.1. The topological polar surface area (TPSA) is 70.0 Å². The van der Waals surface area contributed by atoms with E-state index in [-0.39, 0.29) is 17.7 Å². The number of nitrogens with zero attached hydrogens (tertiary/aromatic N) is 1. The number of hydrogen-bond donors (Lipinski definition) is 2. The molecule has 110 valence electrons. The van der Waals surface area contributed by atoms with Crippen molar-refractivity contribution in [3.05, 3.63) is 23.8 Å². The quantitative estimate of drug-likeness (QED) is 0.884. The minimum absolute atomic E-state index is 0.0350. The van der Waals surface area contributed by atoms with Crippen LogP contribution in [0.5, 0.6) is 11.5 Å². The molecule has 1 saturated heterocycles. The van der Waals surface area contributed by atoms with E-state index in [0.717, 1.165) is 24.9 Å². The predicted molar refractivity (Wildman–Crippen MR) is 75.0 cm³/mol. The van der Waals surface area contributed by atoms with E-state index in [9.17, 15) is 9.90 Å². The molecule has 1 aromatic rings. The Morgan fingerprint density at radius 3 is 2.90 bits per heavy atom. The zero-order chi connectivity index (χ0) is 14.7. The lowest BCUT2D eigenvalue weighted by molar-refractivity contribution is -0.143. The van der Waals surface area contributed by atoms with Gasteiger partial charge in [0.1, 0.15) is 11.5 Å². The van der Waals surface area contributed by atoms with E-state index >= 15 is 0 Å². The van der Waals surface area contributed by atoms with Crippen molar-refractivity contribution < 1.29 is 19.7 Å². The van der Waals surface area contributed by atoms with Gasteiger partial charge in [-0.05, 0) is 44.5 Å². The SMILES string of the molecule is COc1ccc(O)c(C(C)N2CCCC(C(=O)O)C2)c1. The minimum atomic E-state index is -0.739. The van der Waals surface area contributed by atoms with Crippen LogP contribution in [0.4, 0.5) is 0 Å². The number of hydrogen-bond acceptors (Lipinski definition) is 4. The molecular formula is C15H21NO4. The van der Waals surface area contributed by atoms with Crippen molar-refractivity contribution in [3.8, 4) is 11.5 Å². The molecule has 1 aliphatic heterocycles. The number of methoxy groups -OCH3 is 1. The lowest BCUT2D eigenvalue weighted by Gasteiger charge is -2.35. The van der Waals surface area contributed by atoms with Crippen LogP contribution in [0.25, 0.3) is 0 Å². The van der Waals surface area contributed by atoms with Gasteiger partial charge in [0, 0.05) is 18.2 Å². The van der Waals surface area contributed by atoms with Gasteiger partial charge in [-0.3, -0.25) is 9.69 Å². The van der Waals surface area contributed by atoms with E-state index < -0.39 is 5.97 Å². The fourth-order valence-corrected chi connectivity index (χ4v) is 2.75. The Hall–Kier alpha value is -1.75. The van der Waals surface area contributed by atoms with Crippen molar-refractivity contribution in [1.29, 1.82) is 0 Å². The summed E-state index contributed by atoms with van der Waals surface area (Å²) in [5.74, 6) is -0.150. The molecule has 0 bridgehead atoms. The first-order valence-electron chi connectivity index (χ1n) is 6.86. The Labute approximate surface area is 118 Å². The van der Waals surface area contributed by atoms with Gasteiger partial charge in [0.05, 0.1) is 13.0 Å². The molecule has 20 heavy (non-hydrogen) atoms. The molecular weight excluding hydrogens is 258 g/mol. The lowest BCUT2D eigenvalue weighted by Crippen LogP contribution is -2.40. The van der Waals surface area contributed by atoms with Gasteiger partial charge in [0.25, 0.3) is 0 Å². The van der Waals surface area contributed by atoms with Gasteiger partial charge < -0.3 is 14.9 Å². The van der Waals surface area contributed by atoms with Crippen molar-refractivity contribution >= 4 is 5.97 Å². The average molecular weight is 279 g/mol. The zero-order valence-corrected chi connectivity index (χ0v) is 11.9. The van der Waals surface area contributed by atoms with Crippen molar-refractivity contribution in [2.24, 2.45) is 5.92 Å². The Balaban J connectivity index is 2.18. The van der Waals surface area contributed by atoms with Crippen LogP contribution in [-0.4, -0.2) is 41.3 Å². The van der Waals surface area contributed by atoms with Crippen LogP contribution in [0, 0.1) is 5.92 Å². The second kappa shape index (κ2) is 6.13. The van der Waals surface area contributed by atoms with E-state index in [1.807, 2.05) is 13.0 Å². The van der Waals surface area contributed by atoms with Crippen LogP contribution in [0.15, 0.2) is 18.2 Å². The van der Waals surface area contributed by atoms with Crippen LogP contribution in [0.3, 0.4) is 0 Å². The number of aliphatic carboxylic acids is 1. The summed E-state index contributed by atoms with van der Waals surface area (Å²) < 4.78 is 5.18. The number of benzene rings is 1. The van der Waals surface area contributed by atoms with Crippen LogP contribution in [-0.2, 0) is 4.79 Å². The van der Waals surface area contributed by atoms with E-state index in [0.29, 0.717) is 12.3 Å². The highest BCUT2D eigenvalue weighted by atomic mass is 16.5. The van der Waals surface area contributed by atoms with Gasteiger partial charge in [-0.2, -0.15) is 0 Å². The molecule has 1 aromatic carbocycles. The molecule has 0 aliphatic carbocycles. The zero-order valence-electron chi connectivity index (χ0n) is 11.9. The molecule has 5 heteroatoms. The smallest absolute Gasteiger partial charge is 0.307 e. The summed E-state index contributed by atoms with van der Waals surface area (Å²) in [5.41, 5.74) is 0.774. The maximum Gasteiger partial charge on any atom is 0.307 e. The van der Waals surface area contributed by atoms with Crippen molar-refractivity contribution in [2.45, 2.75) is 25.8 Å². The molecule has 5 nitrogen and oxygen atoms in total. The largest absolute Gasteiger partial charge is 0.508 e. The number of carbonyl (C=O) groups is 1. The number of carboxylic acids is 1. The van der Waals surface area contributed by atoms with Crippen LogP contribution >= 0.6 is 0 Å². The minimum Gasteiger partial charge on any atom is -0.508 e. The molecule has 0 amide bonds. The third-order valence-corrected chi connectivity index (χ3v) is 4.03. The summed E-state index contributed by atoms with van der Waals surface area (Å²) >= 11 is 0. The number of likely N-dealkylation sites (tertiary alicyclic amines) is 1. The monoisotopic (exact) mass is 279 g/mol. The molecule has 1 fully saturated rings. The van der Waals surface area contributed by atoms with Crippen molar-refractivity contribution in [2.75, 3.05) is 20.2 Å². The van der Waals surface area contributed by atoms with E-state index in [1.165, 1.54) is 0 Å². The number of phenols is 1. The first kappa shape index (κ1) is 14.7. The fraction of sp³-hybridized carbons (Fsp3) is 0.533. The van der Waals surface area contributed by atoms with Gasteiger partial charge in [0.15, 0.2) is 0 Å². The summed E-state index contributed by atoms with van der Waals surface area (Å²) in [7, 11) is 1.59. The van der Waals surface area contributed by atoms with Gasteiger partial charge in [-0.25, -0.2) is 0 Å². The Morgan fingerprint density at radius 2 is 2.25 bits per heavy atom. The first-order chi connectivity index (χ1) is 9.52. The van der Waals surface area contributed by atoms with Gasteiger partial charge in [0.2, 0.25) is 0 Å². The normalized spacial score (nSPS) is 21.4. The molecule has 2 rings (SSSR count). The van der Waals surface area contributed by atoms with E-state index in [1.54, 1.807) is 19.2 Å². The first-order valence-corrected chi connectivity index (χ1v) is 6.86. The second-order valence-electron chi connectivity index (χ2n) is 5.27. The number of ether oxygens (including phenoxy) is 1. The highest BCUT2D eigenvalue weighted by Gasteiger charge is 2.29. The van der Waals surface area contributed by atoms with Crippen LogP contribution in [0.1, 0.15) is 31.4 Å². The third kappa shape index (κ3) is 3.04. The summed E-state index contributed by atoms with van der Waals surface area (Å²) in [4.78, 5) is 13.2. The van der Waals surface area contributed by atoms with Crippen LogP contribution < -0.4 is 4.74 Å². The third-order valence-electron chi connectivity index (χ3n) is 4.03. The standard InChI is InChI=1S/C15H21NO4/c1-10(13-8-12(20-2)5-6-14(13)17)16-7-3-4-11(9-16)15(18)19/h5-6,8,10-11,17H,3-4,7,9H2,1-2H3,(H,18,19). The fourth-order valence-electron chi connectivity index (χ4n) is 2.75. The highest BCUT2D eigenvalue weighted by molar-refractivity contribution is 5.70. The molecule has 1 aliphatic rings. The molecule has 2 N–H and O–H groups in total. The molecule has 2 unspecified atom stereocenters. The molecule has 2 atom stereocenters. The molecule has 0 aromatic heterocycles. The number of aromatic hydroxyl groups is 1. The molecule has 1 heterocycles. The average Bonchev–Trinajstić information content (AvgIpc) is 2.47. The molecule has 0 spiro atoms. The summed E-state index contributed by atoms with van der Waals surface area (Å²) in [6.07, 6.45) is 1.59. The molecule has 0 saturated carbocycles. The van der Waals surface area contributed by atoms with Gasteiger partial charge in [-0.1, -0.05) is 0 Å². The summed E-state index contributed by atoms with van der Waals surface area (Å²) in [6.45, 7) is 3.35. The van der Waals surface area contributed by atoms with E-state index in [4.69, 9.17) is 9.84 Å². The Morgan fingerprint density at radius 1 is 1.50 bits per heavy atom. The lowest BCUT2D eigenvalue weighted by atomic mass is 9.95. The second-order valence-corrected chi connectivity index (χ2v) is 5.27. The van der Waals surface area contributed by atoms with Crippen LogP contribution in [0.2, 0.25) is 0 Å². The van der Waals surface area contributed by atoms with Gasteiger partial charge in [-0.15, -0.1) is 0 Å². The Kier molecular flexibility index (Phi) is 4.49. The number of rotatable bonds is 4. The number of piperidine rings is 1.